The van der Waals surface area contributed by atoms with Crippen LogP contribution >= 0.6 is 0 Å². The van der Waals surface area contributed by atoms with Crippen molar-refractivity contribution in [1.29, 1.82) is 0 Å². The predicted molar refractivity (Wildman–Crippen MR) is 74.9 cm³/mol. The van der Waals surface area contributed by atoms with Gasteiger partial charge in [0.15, 0.2) is 0 Å². The van der Waals surface area contributed by atoms with Crippen LogP contribution in [0.3, 0.4) is 0 Å². The third-order valence-corrected chi connectivity index (χ3v) is 6.57. The number of hydrogen-bond acceptors (Lipinski definition) is 5. The molecule has 1 fully saturated rings. The summed E-state index contributed by atoms with van der Waals surface area (Å²) in [7, 11) is 0.779. The van der Waals surface area contributed by atoms with Gasteiger partial charge >= 0.3 is 8.80 Å². The van der Waals surface area contributed by atoms with Gasteiger partial charge in [-0.25, -0.2) is 0 Å². The molecular weight excluding hydrogens is 264 g/mol. The van der Waals surface area contributed by atoms with E-state index in [2.05, 4.69) is 13.8 Å². The van der Waals surface area contributed by atoms with Gasteiger partial charge in [0.1, 0.15) is 6.79 Å². The van der Waals surface area contributed by atoms with E-state index in [1.165, 1.54) is 0 Å². The maximum Gasteiger partial charge on any atom is 0.502 e. The Hall–Kier alpha value is 0.0169. The van der Waals surface area contributed by atoms with Crippen LogP contribution in [0.4, 0.5) is 0 Å². The van der Waals surface area contributed by atoms with Gasteiger partial charge in [-0.2, -0.15) is 0 Å². The van der Waals surface area contributed by atoms with Gasteiger partial charge in [-0.15, -0.1) is 0 Å². The molecule has 0 amide bonds. The molecule has 1 rings (SSSR count). The topological polar surface area (TPSA) is 46.2 Å². The summed E-state index contributed by atoms with van der Waals surface area (Å²) in [6, 6.07) is 0.812. The molecule has 114 valence electrons. The van der Waals surface area contributed by atoms with Gasteiger partial charge < -0.3 is 22.8 Å². The van der Waals surface area contributed by atoms with Crippen LogP contribution < -0.4 is 0 Å². The Morgan fingerprint density at radius 3 is 2.37 bits per heavy atom. The average molecular weight is 292 g/mol. The first-order chi connectivity index (χ1) is 9.21. The van der Waals surface area contributed by atoms with Crippen LogP contribution in [0.2, 0.25) is 6.04 Å². The van der Waals surface area contributed by atoms with E-state index in [0.29, 0.717) is 18.6 Å². The molecule has 0 aromatic heterocycles. The average Bonchev–Trinajstić information content (AvgIpc) is 2.38. The van der Waals surface area contributed by atoms with Crippen molar-refractivity contribution in [1.82, 2.24) is 0 Å². The largest absolute Gasteiger partial charge is 0.502 e. The van der Waals surface area contributed by atoms with E-state index in [4.69, 9.17) is 22.8 Å². The Kier molecular flexibility index (Phi) is 8.13. The molecule has 0 spiro atoms. The van der Waals surface area contributed by atoms with Crippen LogP contribution in [0.1, 0.15) is 33.1 Å². The van der Waals surface area contributed by atoms with E-state index >= 15 is 0 Å². The van der Waals surface area contributed by atoms with Crippen LogP contribution in [-0.4, -0.2) is 49.1 Å². The molecule has 2 unspecified atom stereocenters. The van der Waals surface area contributed by atoms with Crippen LogP contribution in [-0.2, 0) is 22.8 Å². The van der Waals surface area contributed by atoms with E-state index in [-0.39, 0.29) is 6.79 Å². The third kappa shape index (κ3) is 5.13. The van der Waals surface area contributed by atoms with Crippen molar-refractivity contribution in [3.8, 4) is 0 Å². The molecule has 2 atom stereocenters. The fourth-order valence-electron chi connectivity index (χ4n) is 2.23. The minimum absolute atomic E-state index is 0.233. The van der Waals surface area contributed by atoms with Crippen LogP contribution in [0.15, 0.2) is 0 Å². The lowest BCUT2D eigenvalue weighted by molar-refractivity contribution is -0.118. The van der Waals surface area contributed by atoms with Crippen molar-refractivity contribution >= 4 is 8.80 Å². The van der Waals surface area contributed by atoms with E-state index in [9.17, 15) is 0 Å². The first kappa shape index (κ1) is 17.1. The normalized spacial score (nSPS) is 21.2. The molecule has 0 saturated carbocycles. The number of ether oxygens (including phenoxy) is 2. The second kappa shape index (κ2) is 9.04. The molecular formula is C13H28O5Si. The zero-order valence-electron chi connectivity index (χ0n) is 12.6. The third-order valence-electron chi connectivity index (χ3n) is 3.66. The molecule has 1 aliphatic heterocycles. The lowest BCUT2D eigenvalue weighted by Crippen LogP contribution is -2.44. The predicted octanol–water partition coefficient (Wildman–Crippen LogP) is 2.43. The summed E-state index contributed by atoms with van der Waals surface area (Å²) in [6.45, 7) is 6.04. The van der Waals surface area contributed by atoms with Crippen molar-refractivity contribution in [2.45, 2.75) is 45.3 Å². The molecule has 0 N–H and O–H groups in total. The van der Waals surface area contributed by atoms with E-state index in [0.717, 1.165) is 31.9 Å². The summed E-state index contributed by atoms with van der Waals surface area (Å²) in [5, 5.41) is 0. The van der Waals surface area contributed by atoms with Gasteiger partial charge in [-0.05, 0) is 12.8 Å². The Morgan fingerprint density at radius 2 is 1.95 bits per heavy atom. The summed E-state index contributed by atoms with van der Waals surface area (Å²) in [6.07, 6.45) is 3.55. The van der Waals surface area contributed by atoms with Crippen molar-refractivity contribution < 1.29 is 22.8 Å². The quantitative estimate of drug-likeness (QED) is 0.332. The fraction of sp³-hybridized carbons (Fsp3) is 1.00. The van der Waals surface area contributed by atoms with Gasteiger partial charge in [0.05, 0.1) is 12.7 Å². The number of hydrogen-bond donors (Lipinski definition) is 0. The first-order valence-corrected chi connectivity index (χ1v) is 9.08. The summed E-state index contributed by atoms with van der Waals surface area (Å²) >= 11 is 0. The Balaban J connectivity index is 2.23. The first-order valence-electron chi connectivity index (χ1n) is 7.15. The molecule has 6 heteroatoms. The summed E-state index contributed by atoms with van der Waals surface area (Å²) < 4.78 is 27.7. The molecule has 0 radical (unpaired) electrons. The highest BCUT2D eigenvalue weighted by Gasteiger charge is 2.38. The highest BCUT2D eigenvalue weighted by molar-refractivity contribution is 6.60. The van der Waals surface area contributed by atoms with Gasteiger partial charge in [-0.3, -0.25) is 0 Å². The number of rotatable bonds is 11. The molecule has 5 nitrogen and oxygen atoms in total. The second-order valence-electron chi connectivity index (χ2n) is 4.84. The lowest BCUT2D eigenvalue weighted by atomic mass is 9.95. The van der Waals surface area contributed by atoms with Gasteiger partial charge in [0, 0.05) is 32.8 Å². The zero-order valence-corrected chi connectivity index (χ0v) is 13.6. The minimum atomic E-state index is -2.50. The molecule has 1 aliphatic rings. The van der Waals surface area contributed by atoms with Crippen molar-refractivity contribution in [2.75, 3.05) is 34.2 Å². The molecule has 19 heavy (non-hydrogen) atoms. The summed E-state index contributed by atoms with van der Waals surface area (Å²) in [5.41, 5.74) is 0. The van der Waals surface area contributed by atoms with Crippen LogP contribution in [0.25, 0.3) is 0 Å². The van der Waals surface area contributed by atoms with E-state index < -0.39 is 8.80 Å². The van der Waals surface area contributed by atoms with Gasteiger partial charge in [0.2, 0.25) is 0 Å². The molecule has 1 saturated heterocycles. The highest BCUT2D eigenvalue weighted by Crippen LogP contribution is 2.23. The van der Waals surface area contributed by atoms with E-state index in [1.54, 1.807) is 14.2 Å². The zero-order chi connectivity index (χ0) is 14.1. The van der Waals surface area contributed by atoms with Crippen molar-refractivity contribution in [3.05, 3.63) is 0 Å². The SMILES string of the molecule is CCC[Si](OC)(OC)OCOCC(CC)C1CCO1. The summed E-state index contributed by atoms with van der Waals surface area (Å²) in [4.78, 5) is 0. The minimum Gasteiger partial charge on any atom is -0.378 e. The van der Waals surface area contributed by atoms with Crippen LogP contribution in [0, 0.1) is 5.92 Å². The van der Waals surface area contributed by atoms with Crippen molar-refractivity contribution in [2.24, 2.45) is 5.92 Å². The Bertz CT molecular complexity index is 231. The molecule has 0 aromatic rings. The monoisotopic (exact) mass is 292 g/mol. The smallest absolute Gasteiger partial charge is 0.378 e. The van der Waals surface area contributed by atoms with Crippen molar-refractivity contribution in [3.63, 3.8) is 0 Å². The molecule has 0 aromatic carbocycles. The standard InChI is InChI=1S/C13H28O5Si/c1-5-9-19(14-3,15-4)18-11-16-10-12(6-2)13-7-8-17-13/h12-13H,5-11H2,1-4H3. The highest BCUT2D eigenvalue weighted by atomic mass is 28.4. The maximum absolute atomic E-state index is 5.73. The fourth-order valence-corrected chi connectivity index (χ4v) is 4.06. The van der Waals surface area contributed by atoms with Gasteiger partial charge in [-0.1, -0.05) is 20.3 Å². The molecule has 0 bridgehead atoms. The van der Waals surface area contributed by atoms with Gasteiger partial charge in [0.25, 0.3) is 0 Å². The Morgan fingerprint density at radius 1 is 1.26 bits per heavy atom. The maximum atomic E-state index is 5.73. The van der Waals surface area contributed by atoms with Crippen LogP contribution in [0.5, 0.6) is 0 Å². The molecule has 0 aliphatic carbocycles. The molecule has 1 heterocycles. The lowest BCUT2D eigenvalue weighted by Gasteiger charge is -2.33. The summed E-state index contributed by atoms with van der Waals surface area (Å²) in [5.74, 6) is 0.463. The second-order valence-corrected chi connectivity index (χ2v) is 7.81. The van der Waals surface area contributed by atoms with E-state index in [1.807, 2.05) is 0 Å². The Labute approximate surface area is 117 Å².